The number of H-pyrrole nitrogens is 1. The number of halogens is 3. The van der Waals surface area contributed by atoms with E-state index in [0.29, 0.717) is 22.6 Å². The second-order valence-electron chi connectivity index (χ2n) is 5.86. The molecule has 0 aliphatic carbocycles. The second-order valence-corrected chi connectivity index (χ2v) is 7.23. The van der Waals surface area contributed by atoms with Gasteiger partial charge < -0.3 is 9.72 Å². The molecule has 2 aromatic heterocycles. The van der Waals surface area contributed by atoms with Crippen molar-refractivity contribution < 1.29 is 22.1 Å². The van der Waals surface area contributed by atoms with Gasteiger partial charge in [-0.15, -0.1) is 0 Å². The summed E-state index contributed by atoms with van der Waals surface area (Å²) < 4.78 is 54.6. The number of rotatable bonds is 7. The topological polar surface area (TPSA) is 67.9 Å². The Kier molecular flexibility index (Phi) is 6.59. The van der Waals surface area contributed by atoms with E-state index in [0.717, 1.165) is 5.57 Å². The first-order valence-electron chi connectivity index (χ1n) is 8.03. The van der Waals surface area contributed by atoms with Crippen molar-refractivity contribution in [2.75, 3.05) is 6.61 Å². The second kappa shape index (κ2) is 8.51. The van der Waals surface area contributed by atoms with E-state index in [-0.39, 0.29) is 16.7 Å². The molecule has 0 radical (unpaired) electrons. The predicted octanol–water partition coefficient (Wildman–Crippen LogP) is 4.43. The molecular formula is C18H20F3N3O2S. The van der Waals surface area contributed by atoms with Crippen molar-refractivity contribution in [3.8, 4) is 5.75 Å². The standard InChI is InChI=1S/C18H20F3N3O2S/c1-5-6-13-16(11(2)3)24-17(23-13)27(25)9-14-12(4)15(7-8-22-14)26-10-18(19,20)21/h5-8H,2,9-10H2,1,3-4H3,(H,23,24)/b6-5-. The van der Waals surface area contributed by atoms with Crippen LogP contribution in [0.3, 0.4) is 0 Å². The summed E-state index contributed by atoms with van der Waals surface area (Å²) in [5, 5.41) is 0.254. The SMILES string of the molecule is C=C(C)c1nc(S(=O)Cc2nccc(OCC(F)(F)F)c2C)[nH]c1/C=C\C. The minimum Gasteiger partial charge on any atom is -0.484 e. The molecule has 0 fully saturated rings. The first-order valence-corrected chi connectivity index (χ1v) is 9.35. The average Bonchev–Trinajstić information content (AvgIpc) is 2.99. The maximum absolute atomic E-state index is 12.7. The molecule has 27 heavy (non-hydrogen) atoms. The van der Waals surface area contributed by atoms with Crippen LogP contribution in [-0.2, 0) is 16.6 Å². The number of aromatic amines is 1. The molecule has 0 amide bonds. The van der Waals surface area contributed by atoms with Gasteiger partial charge in [0.05, 0.1) is 33.6 Å². The lowest BCUT2D eigenvalue weighted by molar-refractivity contribution is -0.153. The molecule has 0 spiro atoms. The summed E-state index contributed by atoms with van der Waals surface area (Å²) in [5.74, 6) is 0.0546. The lowest BCUT2D eigenvalue weighted by Crippen LogP contribution is -2.20. The van der Waals surface area contributed by atoms with Crippen molar-refractivity contribution in [3.63, 3.8) is 0 Å². The van der Waals surface area contributed by atoms with Crippen LogP contribution >= 0.6 is 0 Å². The maximum Gasteiger partial charge on any atom is 0.422 e. The Labute approximate surface area is 157 Å². The van der Waals surface area contributed by atoms with Crippen LogP contribution in [0.15, 0.2) is 30.1 Å². The van der Waals surface area contributed by atoms with Crippen LogP contribution in [0.4, 0.5) is 13.2 Å². The van der Waals surface area contributed by atoms with E-state index in [1.165, 1.54) is 12.3 Å². The molecule has 1 unspecified atom stereocenters. The molecule has 2 aromatic rings. The molecule has 9 heteroatoms. The zero-order chi connectivity index (χ0) is 20.2. The largest absolute Gasteiger partial charge is 0.484 e. The first-order chi connectivity index (χ1) is 12.6. The van der Waals surface area contributed by atoms with Gasteiger partial charge >= 0.3 is 6.18 Å². The molecule has 1 N–H and O–H groups in total. The van der Waals surface area contributed by atoms with Gasteiger partial charge in [0.15, 0.2) is 11.8 Å². The molecule has 2 rings (SSSR count). The van der Waals surface area contributed by atoms with Gasteiger partial charge in [0.2, 0.25) is 0 Å². The van der Waals surface area contributed by atoms with Crippen LogP contribution in [0.25, 0.3) is 11.6 Å². The molecule has 0 aliphatic rings. The molecule has 2 heterocycles. The number of allylic oxidation sites excluding steroid dienone is 2. The van der Waals surface area contributed by atoms with Crippen molar-refractivity contribution in [2.24, 2.45) is 0 Å². The Morgan fingerprint density at radius 2 is 2.15 bits per heavy atom. The number of nitrogens with one attached hydrogen (secondary N) is 1. The zero-order valence-electron chi connectivity index (χ0n) is 15.2. The summed E-state index contributed by atoms with van der Waals surface area (Å²) in [7, 11) is -1.57. The van der Waals surface area contributed by atoms with E-state index >= 15 is 0 Å². The maximum atomic E-state index is 12.7. The van der Waals surface area contributed by atoms with Crippen molar-refractivity contribution in [1.82, 2.24) is 15.0 Å². The van der Waals surface area contributed by atoms with Gasteiger partial charge in [-0.25, -0.2) is 4.98 Å². The first kappa shape index (κ1) is 20.9. The van der Waals surface area contributed by atoms with Crippen LogP contribution in [-0.4, -0.2) is 31.9 Å². The number of ether oxygens (including phenoxy) is 1. The monoisotopic (exact) mass is 399 g/mol. The van der Waals surface area contributed by atoms with Crippen molar-refractivity contribution >= 4 is 22.4 Å². The fourth-order valence-electron chi connectivity index (χ4n) is 2.30. The highest BCUT2D eigenvalue weighted by Gasteiger charge is 2.29. The number of hydrogen-bond donors (Lipinski definition) is 1. The van der Waals surface area contributed by atoms with Gasteiger partial charge in [-0.2, -0.15) is 13.2 Å². The molecule has 1 atom stereocenters. The van der Waals surface area contributed by atoms with Crippen LogP contribution in [0, 0.1) is 6.92 Å². The minimum absolute atomic E-state index is 0.00647. The fourth-order valence-corrected chi connectivity index (χ4v) is 3.39. The summed E-state index contributed by atoms with van der Waals surface area (Å²) in [6.45, 7) is 7.68. The number of alkyl halides is 3. The van der Waals surface area contributed by atoms with Crippen LogP contribution in [0.1, 0.15) is 36.5 Å². The molecule has 0 aromatic carbocycles. The zero-order valence-corrected chi connectivity index (χ0v) is 16.0. The summed E-state index contributed by atoms with van der Waals surface area (Å²) in [4.78, 5) is 11.4. The molecule has 146 valence electrons. The van der Waals surface area contributed by atoms with Gasteiger partial charge in [0, 0.05) is 11.8 Å². The molecule has 0 saturated heterocycles. The molecule has 0 saturated carbocycles. The van der Waals surface area contributed by atoms with Crippen molar-refractivity contribution in [3.05, 3.63) is 47.6 Å². The Morgan fingerprint density at radius 3 is 2.74 bits per heavy atom. The lowest BCUT2D eigenvalue weighted by atomic mass is 10.2. The Balaban J connectivity index is 2.23. The minimum atomic E-state index is -4.44. The van der Waals surface area contributed by atoms with E-state index in [4.69, 9.17) is 4.74 Å². The Bertz CT molecular complexity index is 888. The van der Waals surface area contributed by atoms with E-state index in [2.05, 4.69) is 21.5 Å². The normalized spacial score (nSPS) is 13.1. The highest BCUT2D eigenvalue weighted by Crippen LogP contribution is 2.25. The number of pyridine rings is 1. The predicted molar refractivity (Wildman–Crippen MR) is 98.6 cm³/mol. The quantitative estimate of drug-likeness (QED) is 0.748. The van der Waals surface area contributed by atoms with Gasteiger partial charge in [-0.3, -0.25) is 9.19 Å². The molecule has 5 nitrogen and oxygen atoms in total. The highest BCUT2D eigenvalue weighted by atomic mass is 32.2. The molecule has 0 aliphatic heterocycles. The van der Waals surface area contributed by atoms with E-state index in [9.17, 15) is 17.4 Å². The van der Waals surface area contributed by atoms with Gasteiger partial charge in [0.25, 0.3) is 0 Å². The number of aromatic nitrogens is 3. The lowest BCUT2D eigenvalue weighted by Gasteiger charge is -2.13. The third-order valence-electron chi connectivity index (χ3n) is 3.58. The van der Waals surface area contributed by atoms with Gasteiger partial charge in [-0.05, 0) is 38.5 Å². The molecule has 0 bridgehead atoms. The number of nitrogens with zero attached hydrogens (tertiary/aromatic N) is 2. The summed E-state index contributed by atoms with van der Waals surface area (Å²) >= 11 is 0. The van der Waals surface area contributed by atoms with Crippen LogP contribution in [0.2, 0.25) is 0 Å². The third kappa shape index (κ3) is 5.53. The number of hydrogen-bond acceptors (Lipinski definition) is 4. The van der Waals surface area contributed by atoms with Crippen molar-refractivity contribution in [1.29, 1.82) is 0 Å². The Hall–Kier alpha value is -2.42. The van der Waals surface area contributed by atoms with Crippen molar-refractivity contribution in [2.45, 2.75) is 37.9 Å². The molecular weight excluding hydrogens is 379 g/mol. The third-order valence-corrected chi connectivity index (χ3v) is 4.74. The highest BCUT2D eigenvalue weighted by molar-refractivity contribution is 7.84. The van der Waals surface area contributed by atoms with Crippen LogP contribution < -0.4 is 4.74 Å². The smallest absolute Gasteiger partial charge is 0.422 e. The van der Waals surface area contributed by atoms with Crippen LogP contribution in [0.5, 0.6) is 5.75 Å². The average molecular weight is 399 g/mol. The van der Waals surface area contributed by atoms with E-state index in [1.807, 2.05) is 13.0 Å². The summed E-state index contributed by atoms with van der Waals surface area (Å²) in [6.07, 6.45) is 0.513. The van der Waals surface area contributed by atoms with E-state index < -0.39 is 23.6 Å². The number of imidazole rings is 1. The van der Waals surface area contributed by atoms with Gasteiger partial charge in [-0.1, -0.05) is 12.7 Å². The van der Waals surface area contributed by atoms with E-state index in [1.54, 1.807) is 19.9 Å². The Morgan fingerprint density at radius 1 is 1.44 bits per heavy atom. The fraction of sp³-hybridized carbons (Fsp3) is 0.333. The summed E-state index contributed by atoms with van der Waals surface area (Å²) in [5.41, 5.74) is 2.83. The van der Waals surface area contributed by atoms with Gasteiger partial charge in [0.1, 0.15) is 5.75 Å². The summed E-state index contributed by atoms with van der Waals surface area (Å²) in [6, 6.07) is 1.35.